The van der Waals surface area contributed by atoms with Crippen molar-refractivity contribution in [3.05, 3.63) is 35.9 Å². The summed E-state index contributed by atoms with van der Waals surface area (Å²) in [6, 6.07) is 10.1. The molecule has 1 fully saturated rings. The summed E-state index contributed by atoms with van der Waals surface area (Å²) in [5.74, 6) is 1.85. The molecule has 2 rings (SSSR count). The number of carbonyl (C=O) groups is 1. The molecule has 0 bridgehead atoms. The van der Waals surface area contributed by atoms with Gasteiger partial charge in [0.2, 0.25) is 5.91 Å². The molecular weight excluding hydrogens is 282 g/mol. The minimum atomic E-state index is -0.697. The highest BCUT2D eigenvalue weighted by Crippen LogP contribution is 2.31. The smallest absolute Gasteiger partial charge is 0.230 e. The molecule has 1 aromatic carbocycles. The van der Waals surface area contributed by atoms with Gasteiger partial charge < -0.3 is 10.4 Å². The van der Waals surface area contributed by atoms with E-state index in [2.05, 4.69) is 24.4 Å². The highest BCUT2D eigenvalue weighted by Gasteiger charge is 2.32. The van der Waals surface area contributed by atoms with Crippen LogP contribution in [0.25, 0.3) is 0 Å². The van der Waals surface area contributed by atoms with Gasteiger partial charge in [-0.3, -0.25) is 4.79 Å². The second-order valence-electron chi connectivity index (χ2n) is 6.18. The summed E-state index contributed by atoms with van der Waals surface area (Å²) in [6.45, 7) is 2.56. The van der Waals surface area contributed by atoms with Gasteiger partial charge in [-0.15, -0.1) is 11.8 Å². The summed E-state index contributed by atoms with van der Waals surface area (Å²) in [6.07, 6.45) is 3.83. The van der Waals surface area contributed by atoms with Crippen molar-refractivity contribution in [1.29, 1.82) is 0 Å². The number of aliphatic hydroxyl groups is 1. The molecule has 1 aliphatic carbocycles. The first-order valence-electron chi connectivity index (χ1n) is 7.68. The maximum atomic E-state index is 11.9. The Bertz CT molecular complexity index is 451. The molecular formula is C17H25NO2S. The summed E-state index contributed by atoms with van der Waals surface area (Å²) in [5.41, 5.74) is 0.535. The van der Waals surface area contributed by atoms with Crippen molar-refractivity contribution in [2.45, 2.75) is 44.0 Å². The zero-order valence-electron chi connectivity index (χ0n) is 12.7. The van der Waals surface area contributed by atoms with Crippen molar-refractivity contribution in [2.24, 2.45) is 5.92 Å². The van der Waals surface area contributed by atoms with E-state index in [0.29, 0.717) is 18.2 Å². The van der Waals surface area contributed by atoms with E-state index in [4.69, 9.17) is 0 Å². The first kappa shape index (κ1) is 16.4. The van der Waals surface area contributed by atoms with Crippen LogP contribution in [0.5, 0.6) is 0 Å². The van der Waals surface area contributed by atoms with Crippen molar-refractivity contribution in [3.8, 4) is 0 Å². The van der Waals surface area contributed by atoms with E-state index in [-0.39, 0.29) is 5.91 Å². The topological polar surface area (TPSA) is 49.3 Å². The van der Waals surface area contributed by atoms with Crippen LogP contribution < -0.4 is 5.32 Å². The van der Waals surface area contributed by atoms with E-state index in [1.54, 1.807) is 11.8 Å². The molecule has 1 aliphatic rings. The van der Waals surface area contributed by atoms with Crippen LogP contribution >= 0.6 is 11.8 Å². The summed E-state index contributed by atoms with van der Waals surface area (Å²) >= 11 is 1.61. The van der Waals surface area contributed by atoms with Crippen molar-refractivity contribution in [1.82, 2.24) is 5.32 Å². The molecule has 2 unspecified atom stereocenters. The molecule has 0 aliphatic heterocycles. The monoisotopic (exact) mass is 307 g/mol. The fourth-order valence-corrected chi connectivity index (χ4v) is 3.76. The molecule has 0 heterocycles. The largest absolute Gasteiger partial charge is 0.388 e. The normalized spacial score (nSPS) is 25.5. The van der Waals surface area contributed by atoms with Crippen LogP contribution in [-0.2, 0) is 10.5 Å². The molecule has 0 saturated heterocycles. The molecule has 116 valence electrons. The lowest BCUT2D eigenvalue weighted by Crippen LogP contribution is -2.46. The zero-order chi connectivity index (χ0) is 15.1. The lowest BCUT2D eigenvalue weighted by Gasteiger charge is -2.35. The van der Waals surface area contributed by atoms with Gasteiger partial charge in [-0.2, -0.15) is 0 Å². The summed E-state index contributed by atoms with van der Waals surface area (Å²) in [5, 5.41) is 13.4. The highest BCUT2D eigenvalue weighted by atomic mass is 32.2. The van der Waals surface area contributed by atoms with E-state index in [0.717, 1.165) is 25.0 Å². The van der Waals surface area contributed by atoms with Gasteiger partial charge >= 0.3 is 0 Å². The lowest BCUT2D eigenvalue weighted by atomic mass is 9.79. The first-order valence-corrected chi connectivity index (χ1v) is 8.84. The Morgan fingerprint density at radius 1 is 1.43 bits per heavy atom. The number of rotatable bonds is 6. The van der Waals surface area contributed by atoms with E-state index in [1.165, 1.54) is 12.0 Å². The second kappa shape index (κ2) is 7.85. The molecule has 21 heavy (non-hydrogen) atoms. The van der Waals surface area contributed by atoms with Crippen molar-refractivity contribution >= 4 is 17.7 Å². The van der Waals surface area contributed by atoms with Gasteiger partial charge in [0.1, 0.15) is 0 Å². The lowest BCUT2D eigenvalue weighted by molar-refractivity contribution is -0.120. The van der Waals surface area contributed by atoms with Gasteiger partial charge in [-0.05, 0) is 24.3 Å². The van der Waals surface area contributed by atoms with E-state index in [9.17, 15) is 9.90 Å². The Morgan fingerprint density at radius 3 is 2.90 bits per heavy atom. The number of hydrogen-bond donors (Lipinski definition) is 2. The van der Waals surface area contributed by atoms with Crippen LogP contribution in [0.1, 0.15) is 38.2 Å². The maximum Gasteiger partial charge on any atom is 0.230 e. The molecule has 1 amide bonds. The molecule has 1 saturated carbocycles. The van der Waals surface area contributed by atoms with Crippen LogP contribution in [0.2, 0.25) is 0 Å². The zero-order valence-corrected chi connectivity index (χ0v) is 13.5. The predicted molar refractivity (Wildman–Crippen MR) is 88.2 cm³/mol. The predicted octanol–water partition coefficient (Wildman–Crippen LogP) is 2.98. The third kappa shape index (κ3) is 5.71. The van der Waals surface area contributed by atoms with Gasteiger partial charge in [0.25, 0.3) is 0 Å². The quantitative estimate of drug-likeness (QED) is 0.849. The van der Waals surface area contributed by atoms with Crippen LogP contribution in [0.3, 0.4) is 0 Å². The number of benzene rings is 1. The Labute approximate surface area is 131 Å². The van der Waals surface area contributed by atoms with Gasteiger partial charge in [-0.25, -0.2) is 0 Å². The van der Waals surface area contributed by atoms with Crippen molar-refractivity contribution in [3.63, 3.8) is 0 Å². The van der Waals surface area contributed by atoms with Crippen molar-refractivity contribution < 1.29 is 9.90 Å². The first-order chi connectivity index (χ1) is 10.1. The minimum absolute atomic E-state index is 0.0163. The average molecular weight is 307 g/mol. The summed E-state index contributed by atoms with van der Waals surface area (Å²) in [4.78, 5) is 11.9. The van der Waals surface area contributed by atoms with Gasteiger partial charge in [0.15, 0.2) is 0 Å². The van der Waals surface area contributed by atoms with Crippen molar-refractivity contribution in [2.75, 3.05) is 12.3 Å². The van der Waals surface area contributed by atoms with Gasteiger partial charge in [-0.1, -0.05) is 50.1 Å². The van der Waals surface area contributed by atoms with E-state index in [1.807, 2.05) is 18.2 Å². The minimum Gasteiger partial charge on any atom is -0.388 e. The number of hydrogen-bond acceptors (Lipinski definition) is 3. The SMILES string of the molecule is CC1CCCC(O)(CNC(=O)CSCc2ccccc2)C1. The molecule has 4 heteroatoms. The standard InChI is InChI=1S/C17H25NO2S/c1-14-6-5-9-17(20,10-14)13-18-16(19)12-21-11-15-7-3-2-4-8-15/h2-4,7-8,14,20H,5-6,9-13H2,1H3,(H,18,19). The number of nitrogens with one attached hydrogen (secondary N) is 1. The average Bonchev–Trinajstić information content (AvgIpc) is 2.46. The van der Waals surface area contributed by atoms with Crippen LogP contribution in [0.15, 0.2) is 30.3 Å². The van der Waals surface area contributed by atoms with Gasteiger partial charge in [0.05, 0.1) is 11.4 Å². The fraction of sp³-hybridized carbons (Fsp3) is 0.588. The summed E-state index contributed by atoms with van der Waals surface area (Å²) in [7, 11) is 0. The fourth-order valence-electron chi connectivity index (χ4n) is 2.94. The molecule has 0 spiro atoms. The molecule has 2 atom stereocenters. The molecule has 2 N–H and O–H groups in total. The Hall–Kier alpha value is -1.00. The van der Waals surface area contributed by atoms with E-state index >= 15 is 0 Å². The molecule has 3 nitrogen and oxygen atoms in total. The number of thioether (sulfide) groups is 1. The molecule has 1 aromatic rings. The Balaban J connectivity index is 1.65. The Morgan fingerprint density at radius 2 is 2.19 bits per heavy atom. The highest BCUT2D eigenvalue weighted by molar-refractivity contribution is 7.99. The molecule has 0 aromatic heterocycles. The third-order valence-electron chi connectivity index (χ3n) is 4.03. The molecule has 0 radical (unpaired) electrons. The van der Waals surface area contributed by atoms with Crippen LogP contribution in [0.4, 0.5) is 0 Å². The third-order valence-corrected chi connectivity index (χ3v) is 5.03. The Kier molecular flexibility index (Phi) is 6.12. The number of amides is 1. The second-order valence-corrected chi connectivity index (χ2v) is 7.17. The summed E-state index contributed by atoms with van der Waals surface area (Å²) < 4.78 is 0. The van der Waals surface area contributed by atoms with Crippen LogP contribution in [-0.4, -0.2) is 28.9 Å². The number of carbonyl (C=O) groups excluding carboxylic acids is 1. The van der Waals surface area contributed by atoms with Crippen LogP contribution in [0, 0.1) is 5.92 Å². The van der Waals surface area contributed by atoms with Gasteiger partial charge in [0, 0.05) is 12.3 Å². The van der Waals surface area contributed by atoms with E-state index < -0.39 is 5.60 Å². The maximum absolute atomic E-state index is 11.9.